The lowest BCUT2D eigenvalue weighted by atomic mass is 9.98. The molecule has 5 nitrogen and oxygen atoms in total. The number of nitrogens with zero attached hydrogens (tertiary/aromatic N) is 1. The summed E-state index contributed by atoms with van der Waals surface area (Å²) in [7, 11) is 1.64. The van der Waals surface area contributed by atoms with Crippen molar-refractivity contribution in [1.29, 1.82) is 0 Å². The molecule has 1 atom stereocenters. The zero-order valence-corrected chi connectivity index (χ0v) is 10.4. The number of ether oxygens (including phenoxy) is 1. The smallest absolute Gasteiger partial charge is 0.308 e. The molecule has 98 valence electrons. The summed E-state index contributed by atoms with van der Waals surface area (Å²) in [5, 5.41) is 8.93. The van der Waals surface area contributed by atoms with Crippen LogP contribution in [0.4, 0.5) is 0 Å². The van der Waals surface area contributed by atoms with Gasteiger partial charge in [-0.2, -0.15) is 0 Å². The normalized spacial score (nSPS) is 20.3. The molecule has 1 aliphatic rings. The van der Waals surface area contributed by atoms with Crippen LogP contribution in [0.1, 0.15) is 32.1 Å². The Morgan fingerprint density at radius 2 is 2.18 bits per heavy atom. The number of rotatable bonds is 6. The predicted octanol–water partition coefficient (Wildman–Crippen LogP) is 1.13. The standard InChI is InChI=1S/C12H21NO4/c1-17-8-3-2-6-11(14)13-7-4-5-10(9-13)12(15)16/h10H,2-9H2,1H3,(H,15,16)/t10-/m0/s1. The van der Waals surface area contributed by atoms with Gasteiger partial charge in [0.25, 0.3) is 0 Å². The van der Waals surface area contributed by atoms with Gasteiger partial charge in [-0.05, 0) is 25.7 Å². The summed E-state index contributed by atoms with van der Waals surface area (Å²) >= 11 is 0. The van der Waals surface area contributed by atoms with Gasteiger partial charge < -0.3 is 14.7 Å². The van der Waals surface area contributed by atoms with Gasteiger partial charge in [0.15, 0.2) is 0 Å². The van der Waals surface area contributed by atoms with Crippen molar-refractivity contribution in [2.75, 3.05) is 26.8 Å². The van der Waals surface area contributed by atoms with Crippen molar-refractivity contribution in [1.82, 2.24) is 4.90 Å². The average Bonchev–Trinajstić information content (AvgIpc) is 2.34. The van der Waals surface area contributed by atoms with Crippen LogP contribution in [0.25, 0.3) is 0 Å². The SMILES string of the molecule is COCCCCC(=O)N1CCC[C@H](C(=O)O)C1. The molecule has 0 bridgehead atoms. The zero-order chi connectivity index (χ0) is 12.7. The predicted molar refractivity (Wildman–Crippen MR) is 62.7 cm³/mol. The Kier molecular flexibility index (Phi) is 5.97. The second-order valence-corrected chi connectivity index (χ2v) is 4.47. The zero-order valence-electron chi connectivity index (χ0n) is 10.4. The van der Waals surface area contributed by atoms with E-state index in [1.54, 1.807) is 12.0 Å². The highest BCUT2D eigenvalue weighted by Gasteiger charge is 2.27. The fourth-order valence-corrected chi connectivity index (χ4v) is 2.09. The Bertz CT molecular complexity index is 267. The molecule has 1 N–H and O–H groups in total. The number of carboxylic acid groups (broad SMARTS) is 1. The van der Waals surface area contributed by atoms with Crippen LogP contribution in [-0.2, 0) is 14.3 Å². The molecular formula is C12H21NO4. The van der Waals surface area contributed by atoms with E-state index in [9.17, 15) is 9.59 Å². The third-order valence-corrected chi connectivity index (χ3v) is 3.11. The molecular weight excluding hydrogens is 222 g/mol. The largest absolute Gasteiger partial charge is 0.481 e. The molecule has 0 aliphatic carbocycles. The third kappa shape index (κ3) is 4.73. The summed E-state index contributed by atoms with van der Waals surface area (Å²) in [5.74, 6) is -1.10. The third-order valence-electron chi connectivity index (χ3n) is 3.11. The van der Waals surface area contributed by atoms with Gasteiger partial charge in [0, 0.05) is 33.2 Å². The lowest BCUT2D eigenvalue weighted by Gasteiger charge is -2.30. The van der Waals surface area contributed by atoms with Crippen LogP contribution < -0.4 is 0 Å². The summed E-state index contributed by atoms with van der Waals surface area (Å²) in [6.45, 7) is 1.75. The van der Waals surface area contributed by atoms with Crippen LogP contribution in [-0.4, -0.2) is 48.7 Å². The van der Waals surface area contributed by atoms with E-state index in [4.69, 9.17) is 9.84 Å². The highest BCUT2D eigenvalue weighted by Crippen LogP contribution is 2.17. The lowest BCUT2D eigenvalue weighted by Crippen LogP contribution is -2.42. The van der Waals surface area contributed by atoms with Gasteiger partial charge in [-0.25, -0.2) is 0 Å². The molecule has 5 heteroatoms. The molecule has 1 aliphatic heterocycles. The summed E-state index contributed by atoms with van der Waals surface area (Å²) in [5.41, 5.74) is 0. The van der Waals surface area contributed by atoms with E-state index < -0.39 is 5.97 Å². The van der Waals surface area contributed by atoms with Gasteiger partial charge in [0.2, 0.25) is 5.91 Å². The first kappa shape index (κ1) is 14.0. The molecule has 0 aromatic carbocycles. The minimum atomic E-state index is -0.790. The summed E-state index contributed by atoms with van der Waals surface area (Å²) in [6, 6.07) is 0. The maximum Gasteiger partial charge on any atom is 0.308 e. The number of amides is 1. The number of likely N-dealkylation sites (tertiary alicyclic amines) is 1. The molecule has 1 saturated heterocycles. The van der Waals surface area contributed by atoms with Gasteiger partial charge in [-0.15, -0.1) is 0 Å². The van der Waals surface area contributed by atoms with E-state index in [1.807, 2.05) is 0 Å². The molecule has 0 unspecified atom stereocenters. The van der Waals surface area contributed by atoms with Crippen molar-refractivity contribution in [3.63, 3.8) is 0 Å². The molecule has 1 heterocycles. The van der Waals surface area contributed by atoms with Crippen LogP contribution in [0.2, 0.25) is 0 Å². The Balaban J connectivity index is 2.28. The van der Waals surface area contributed by atoms with E-state index in [1.165, 1.54) is 0 Å². The second-order valence-electron chi connectivity index (χ2n) is 4.47. The molecule has 0 aromatic heterocycles. The van der Waals surface area contributed by atoms with Crippen LogP contribution in [0.3, 0.4) is 0 Å². The quantitative estimate of drug-likeness (QED) is 0.710. The number of hydrogen-bond donors (Lipinski definition) is 1. The fourth-order valence-electron chi connectivity index (χ4n) is 2.09. The van der Waals surface area contributed by atoms with Crippen molar-refractivity contribution in [2.24, 2.45) is 5.92 Å². The van der Waals surface area contributed by atoms with Crippen LogP contribution >= 0.6 is 0 Å². The molecule has 17 heavy (non-hydrogen) atoms. The number of carbonyl (C=O) groups is 2. The van der Waals surface area contributed by atoms with Crippen molar-refractivity contribution in [3.8, 4) is 0 Å². The monoisotopic (exact) mass is 243 g/mol. The Morgan fingerprint density at radius 3 is 2.82 bits per heavy atom. The number of carbonyl (C=O) groups excluding carboxylic acids is 1. The van der Waals surface area contributed by atoms with Crippen molar-refractivity contribution in [2.45, 2.75) is 32.1 Å². The number of methoxy groups -OCH3 is 1. The van der Waals surface area contributed by atoms with Gasteiger partial charge >= 0.3 is 5.97 Å². The van der Waals surface area contributed by atoms with Crippen LogP contribution in [0.5, 0.6) is 0 Å². The van der Waals surface area contributed by atoms with E-state index in [2.05, 4.69) is 0 Å². The lowest BCUT2D eigenvalue weighted by molar-refractivity contribution is -0.145. The molecule has 1 amide bonds. The van der Waals surface area contributed by atoms with E-state index in [0.29, 0.717) is 32.5 Å². The van der Waals surface area contributed by atoms with E-state index in [-0.39, 0.29) is 11.8 Å². The first-order valence-corrected chi connectivity index (χ1v) is 6.14. The van der Waals surface area contributed by atoms with Crippen molar-refractivity contribution in [3.05, 3.63) is 0 Å². The highest BCUT2D eigenvalue weighted by atomic mass is 16.5. The first-order chi connectivity index (χ1) is 8.15. The minimum Gasteiger partial charge on any atom is -0.481 e. The second kappa shape index (κ2) is 7.27. The van der Waals surface area contributed by atoms with Crippen molar-refractivity contribution >= 4 is 11.9 Å². The molecule has 1 fully saturated rings. The van der Waals surface area contributed by atoms with Gasteiger partial charge in [-0.1, -0.05) is 0 Å². The number of aliphatic carboxylic acids is 1. The van der Waals surface area contributed by atoms with Crippen molar-refractivity contribution < 1.29 is 19.4 Å². The van der Waals surface area contributed by atoms with Gasteiger partial charge in [0.1, 0.15) is 0 Å². The number of hydrogen-bond acceptors (Lipinski definition) is 3. The van der Waals surface area contributed by atoms with Crippen LogP contribution in [0.15, 0.2) is 0 Å². The molecule has 0 radical (unpaired) electrons. The Morgan fingerprint density at radius 1 is 1.41 bits per heavy atom. The summed E-state index contributed by atoms with van der Waals surface area (Å²) in [4.78, 5) is 24.4. The summed E-state index contributed by atoms with van der Waals surface area (Å²) in [6.07, 6.45) is 3.65. The summed E-state index contributed by atoms with van der Waals surface area (Å²) < 4.78 is 4.92. The van der Waals surface area contributed by atoms with E-state index >= 15 is 0 Å². The molecule has 0 aromatic rings. The topological polar surface area (TPSA) is 66.8 Å². The van der Waals surface area contributed by atoms with Gasteiger partial charge in [0.05, 0.1) is 5.92 Å². The Hall–Kier alpha value is -1.10. The maximum absolute atomic E-state index is 11.8. The average molecular weight is 243 g/mol. The maximum atomic E-state index is 11.8. The first-order valence-electron chi connectivity index (χ1n) is 6.14. The van der Waals surface area contributed by atoms with Gasteiger partial charge in [-0.3, -0.25) is 9.59 Å². The Labute approximate surface area is 102 Å². The number of carboxylic acids is 1. The fraction of sp³-hybridized carbons (Fsp3) is 0.833. The molecule has 0 spiro atoms. The number of unbranched alkanes of at least 4 members (excludes halogenated alkanes) is 1. The van der Waals surface area contributed by atoms with E-state index in [0.717, 1.165) is 19.3 Å². The number of piperidine rings is 1. The van der Waals surface area contributed by atoms with Crippen LogP contribution in [0, 0.1) is 5.92 Å². The molecule has 0 saturated carbocycles. The molecule has 1 rings (SSSR count). The minimum absolute atomic E-state index is 0.0760. The highest BCUT2D eigenvalue weighted by molar-refractivity contribution is 5.78.